The molecule has 0 unspecified atom stereocenters. The maximum atomic E-state index is 11.4. The first kappa shape index (κ1) is 9.89. The fraction of sp³-hybridized carbons (Fsp3) is 0.167. The first-order valence-electron chi connectivity index (χ1n) is 5.12. The molecule has 5 heteroatoms. The van der Waals surface area contributed by atoms with Crippen molar-refractivity contribution in [2.24, 2.45) is 0 Å². The zero-order chi connectivity index (χ0) is 12.0. The van der Waals surface area contributed by atoms with E-state index in [9.17, 15) is 9.59 Å². The fourth-order valence-corrected chi connectivity index (χ4v) is 1.95. The Morgan fingerprint density at radius 1 is 1.29 bits per heavy atom. The molecule has 1 aromatic heterocycles. The van der Waals surface area contributed by atoms with E-state index in [0.717, 1.165) is 12.0 Å². The van der Waals surface area contributed by atoms with E-state index in [0.29, 0.717) is 23.3 Å². The molecule has 0 fully saturated rings. The van der Waals surface area contributed by atoms with Gasteiger partial charge in [-0.05, 0) is 17.7 Å². The maximum Gasteiger partial charge on any atom is 0.351 e. The summed E-state index contributed by atoms with van der Waals surface area (Å²) in [5.41, 5.74) is 0.155. The van der Waals surface area contributed by atoms with Gasteiger partial charge in [0.2, 0.25) is 0 Å². The predicted molar refractivity (Wildman–Crippen MR) is 58.6 cm³/mol. The van der Waals surface area contributed by atoms with E-state index in [1.54, 1.807) is 12.1 Å². The minimum absolute atomic E-state index is 0.348. The smallest absolute Gasteiger partial charge is 0.351 e. The third-order valence-electron chi connectivity index (χ3n) is 2.77. The highest BCUT2D eigenvalue weighted by atomic mass is 16.5. The lowest BCUT2D eigenvalue weighted by atomic mass is 10.1. The molecule has 0 saturated heterocycles. The van der Waals surface area contributed by atoms with Crippen LogP contribution in [0.5, 0.6) is 5.75 Å². The van der Waals surface area contributed by atoms with Gasteiger partial charge in [-0.2, -0.15) is 0 Å². The molecule has 17 heavy (non-hydrogen) atoms. The van der Waals surface area contributed by atoms with Crippen LogP contribution in [-0.2, 0) is 6.42 Å². The molecule has 0 radical (unpaired) electrons. The van der Waals surface area contributed by atoms with Crippen molar-refractivity contribution in [1.29, 1.82) is 0 Å². The Bertz CT molecular complexity index is 683. The minimum Gasteiger partial charge on any atom is -0.493 e. The second-order valence-electron chi connectivity index (χ2n) is 3.85. The topological polar surface area (TPSA) is 76.7 Å². The zero-order valence-electron chi connectivity index (χ0n) is 8.73. The Hall–Kier alpha value is -2.30. The SMILES string of the molecule is O=C(O)c1cc2cc3c(cc2oc1=O)OCC3. The number of aromatic carboxylic acids is 1. The van der Waals surface area contributed by atoms with Gasteiger partial charge in [0.05, 0.1) is 6.61 Å². The lowest BCUT2D eigenvalue weighted by Gasteiger charge is -2.02. The number of rotatable bonds is 1. The monoisotopic (exact) mass is 232 g/mol. The number of carbonyl (C=O) groups is 1. The van der Waals surface area contributed by atoms with Gasteiger partial charge in [-0.1, -0.05) is 0 Å². The van der Waals surface area contributed by atoms with Crippen molar-refractivity contribution >= 4 is 16.9 Å². The van der Waals surface area contributed by atoms with Crippen LogP contribution in [-0.4, -0.2) is 17.7 Å². The second-order valence-corrected chi connectivity index (χ2v) is 3.85. The highest BCUT2D eigenvalue weighted by Gasteiger charge is 2.17. The van der Waals surface area contributed by atoms with E-state index >= 15 is 0 Å². The maximum absolute atomic E-state index is 11.4. The number of carboxylic acids is 1. The highest BCUT2D eigenvalue weighted by molar-refractivity contribution is 5.92. The Morgan fingerprint density at radius 2 is 2.12 bits per heavy atom. The summed E-state index contributed by atoms with van der Waals surface area (Å²) >= 11 is 0. The number of hydrogen-bond acceptors (Lipinski definition) is 4. The molecule has 1 aliphatic heterocycles. The number of hydrogen-bond donors (Lipinski definition) is 1. The van der Waals surface area contributed by atoms with Crippen molar-refractivity contribution < 1.29 is 19.1 Å². The van der Waals surface area contributed by atoms with Crippen molar-refractivity contribution in [3.8, 4) is 5.75 Å². The Balaban J connectivity index is 2.33. The molecule has 0 saturated carbocycles. The van der Waals surface area contributed by atoms with Crippen molar-refractivity contribution in [3.05, 3.63) is 39.7 Å². The van der Waals surface area contributed by atoms with Crippen LogP contribution in [0.3, 0.4) is 0 Å². The van der Waals surface area contributed by atoms with E-state index in [1.807, 2.05) is 0 Å². The third kappa shape index (κ3) is 1.47. The van der Waals surface area contributed by atoms with E-state index in [-0.39, 0.29) is 5.56 Å². The first-order chi connectivity index (χ1) is 8.15. The van der Waals surface area contributed by atoms with Crippen molar-refractivity contribution in [2.75, 3.05) is 6.61 Å². The summed E-state index contributed by atoms with van der Waals surface area (Å²) in [6.45, 7) is 0.599. The summed E-state index contributed by atoms with van der Waals surface area (Å²) in [6, 6.07) is 4.76. The van der Waals surface area contributed by atoms with Crippen molar-refractivity contribution in [1.82, 2.24) is 0 Å². The van der Waals surface area contributed by atoms with E-state index in [1.165, 1.54) is 6.07 Å². The molecule has 1 aliphatic rings. The molecule has 0 aliphatic carbocycles. The number of carboxylic acid groups (broad SMARTS) is 1. The van der Waals surface area contributed by atoms with Crippen LogP contribution in [0.25, 0.3) is 11.0 Å². The highest BCUT2D eigenvalue weighted by Crippen LogP contribution is 2.30. The van der Waals surface area contributed by atoms with Crippen molar-refractivity contribution in [3.63, 3.8) is 0 Å². The molecule has 1 aromatic carbocycles. The first-order valence-corrected chi connectivity index (χ1v) is 5.12. The van der Waals surface area contributed by atoms with Crippen LogP contribution in [0.4, 0.5) is 0 Å². The molecule has 1 N–H and O–H groups in total. The summed E-state index contributed by atoms with van der Waals surface area (Å²) in [5, 5.41) is 9.44. The summed E-state index contributed by atoms with van der Waals surface area (Å²) in [4.78, 5) is 22.2. The van der Waals surface area contributed by atoms with E-state index in [2.05, 4.69) is 0 Å². The van der Waals surface area contributed by atoms with Gasteiger partial charge in [-0.25, -0.2) is 9.59 Å². The van der Waals surface area contributed by atoms with Gasteiger partial charge >= 0.3 is 11.6 Å². The summed E-state index contributed by atoms with van der Waals surface area (Å²) in [6.07, 6.45) is 0.785. The van der Waals surface area contributed by atoms with Gasteiger partial charge in [0.15, 0.2) is 0 Å². The van der Waals surface area contributed by atoms with E-state index < -0.39 is 11.6 Å². The van der Waals surface area contributed by atoms with E-state index in [4.69, 9.17) is 14.3 Å². The predicted octanol–water partition coefficient (Wildman–Crippen LogP) is 1.43. The van der Waals surface area contributed by atoms with Crippen LogP contribution in [0.2, 0.25) is 0 Å². The summed E-state index contributed by atoms with van der Waals surface area (Å²) < 4.78 is 10.3. The van der Waals surface area contributed by atoms with Crippen molar-refractivity contribution in [2.45, 2.75) is 6.42 Å². The zero-order valence-corrected chi connectivity index (χ0v) is 8.73. The molecule has 0 bridgehead atoms. The molecule has 3 rings (SSSR count). The van der Waals surface area contributed by atoms with Crippen LogP contribution in [0, 0.1) is 0 Å². The molecule has 0 amide bonds. The fourth-order valence-electron chi connectivity index (χ4n) is 1.95. The largest absolute Gasteiger partial charge is 0.493 e. The number of benzene rings is 1. The van der Waals surface area contributed by atoms with Gasteiger partial charge in [-0.3, -0.25) is 0 Å². The van der Waals surface area contributed by atoms with Crippen LogP contribution in [0.1, 0.15) is 15.9 Å². The quantitative estimate of drug-likeness (QED) is 0.752. The minimum atomic E-state index is -1.28. The normalized spacial score (nSPS) is 13.4. The molecule has 0 atom stereocenters. The number of fused-ring (bicyclic) bond motifs is 2. The van der Waals surface area contributed by atoms with Crippen LogP contribution < -0.4 is 10.4 Å². The third-order valence-corrected chi connectivity index (χ3v) is 2.77. The Labute approximate surface area is 95.2 Å². The lowest BCUT2D eigenvalue weighted by Crippen LogP contribution is -2.12. The number of ether oxygens (including phenoxy) is 1. The standard InChI is InChI=1S/C12H8O5/c13-11(14)8-4-7-3-6-1-2-16-9(6)5-10(7)17-12(8)15/h3-5H,1-2H2,(H,13,14). The Kier molecular flexibility index (Phi) is 1.95. The van der Waals surface area contributed by atoms with Crippen LogP contribution >= 0.6 is 0 Å². The summed E-state index contributed by atoms with van der Waals surface area (Å²) in [5.74, 6) is -0.582. The molecule has 0 spiro atoms. The Morgan fingerprint density at radius 3 is 2.88 bits per heavy atom. The molecular formula is C12H8O5. The van der Waals surface area contributed by atoms with Gasteiger partial charge < -0.3 is 14.3 Å². The molecule has 2 heterocycles. The average Bonchev–Trinajstić information content (AvgIpc) is 2.71. The summed E-state index contributed by atoms with van der Waals surface area (Å²) in [7, 11) is 0. The van der Waals surface area contributed by atoms with Gasteiger partial charge in [0.25, 0.3) is 0 Å². The van der Waals surface area contributed by atoms with Crippen LogP contribution in [0.15, 0.2) is 27.4 Å². The lowest BCUT2D eigenvalue weighted by molar-refractivity contribution is 0.0692. The molecule has 86 valence electrons. The van der Waals surface area contributed by atoms with Gasteiger partial charge in [-0.15, -0.1) is 0 Å². The average molecular weight is 232 g/mol. The van der Waals surface area contributed by atoms with Gasteiger partial charge in [0, 0.05) is 17.9 Å². The molecule has 2 aromatic rings. The molecule has 5 nitrogen and oxygen atoms in total. The molecular weight excluding hydrogens is 224 g/mol. The van der Waals surface area contributed by atoms with Gasteiger partial charge in [0.1, 0.15) is 16.9 Å². The second kappa shape index (κ2) is 3.35.